The Kier molecular flexibility index (Phi) is 5.59. The maximum Gasteiger partial charge on any atom is 0.290 e. The lowest BCUT2D eigenvalue weighted by Crippen LogP contribution is -2.40. The van der Waals surface area contributed by atoms with Gasteiger partial charge in [-0.15, -0.1) is 0 Å². The van der Waals surface area contributed by atoms with Gasteiger partial charge in [0.1, 0.15) is 22.7 Å². The average molecular weight is 457 g/mol. The number of para-hydroxylation sites is 1. The van der Waals surface area contributed by atoms with E-state index in [1.54, 1.807) is 9.58 Å². The highest BCUT2D eigenvalue weighted by molar-refractivity contribution is 5.99. The monoisotopic (exact) mass is 456 g/mol. The van der Waals surface area contributed by atoms with Gasteiger partial charge in [0.25, 0.3) is 5.56 Å². The number of nitrogens with two attached hydrogens (primary N) is 1. The number of hydrogen-bond acceptors (Lipinski definition) is 6. The third-order valence-corrected chi connectivity index (χ3v) is 5.99. The van der Waals surface area contributed by atoms with Gasteiger partial charge in [0.15, 0.2) is 5.82 Å². The molecule has 0 bridgehead atoms. The van der Waals surface area contributed by atoms with Gasteiger partial charge in [-0.1, -0.05) is 24.8 Å². The van der Waals surface area contributed by atoms with Crippen molar-refractivity contribution >= 4 is 22.6 Å². The van der Waals surface area contributed by atoms with Gasteiger partial charge in [-0.3, -0.25) is 14.3 Å². The van der Waals surface area contributed by atoms with Crippen molar-refractivity contribution in [3.8, 4) is 22.8 Å². The summed E-state index contributed by atoms with van der Waals surface area (Å²) in [5, 5.41) is 11.7. The van der Waals surface area contributed by atoms with Crippen LogP contribution in [0, 0.1) is 0 Å². The molecule has 3 heterocycles. The van der Waals surface area contributed by atoms with Crippen LogP contribution in [0.15, 0.2) is 72.0 Å². The first-order valence-electron chi connectivity index (χ1n) is 11.1. The van der Waals surface area contributed by atoms with Crippen molar-refractivity contribution in [2.24, 2.45) is 0 Å². The third-order valence-electron chi connectivity index (χ3n) is 5.99. The molecule has 9 heteroatoms. The number of nitrogen functional groups attached to an aromatic ring is 1. The van der Waals surface area contributed by atoms with Crippen LogP contribution in [0.2, 0.25) is 0 Å². The van der Waals surface area contributed by atoms with Crippen LogP contribution in [0.4, 0.5) is 5.82 Å². The number of amides is 1. The Morgan fingerprint density at radius 3 is 2.62 bits per heavy atom. The molecule has 4 aromatic rings. The van der Waals surface area contributed by atoms with Gasteiger partial charge in [-0.05, 0) is 55.3 Å². The number of carbonyl (C=O) groups is 1. The van der Waals surface area contributed by atoms with E-state index < -0.39 is 0 Å². The topological polar surface area (TPSA) is 119 Å². The first-order valence-corrected chi connectivity index (χ1v) is 11.1. The summed E-state index contributed by atoms with van der Waals surface area (Å²) in [6.07, 6.45) is 2.89. The lowest BCUT2D eigenvalue weighted by molar-refractivity contribution is -0.127. The van der Waals surface area contributed by atoms with Crippen LogP contribution in [-0.4, -0.2) is 43.9 Å². The van der Waals surface area contributed by atoms with Crippen molar-refractivity contribution in [3.05, 3.63) is 77.6 Å². The third kappa shape index (κ3) is 3.92. The number of benzene rings is 2. The number of rotatable bonds is 5. The minimum absolute atomic E-state index is 0.134. The highest BCUT2D eigenvalue weighted by Gasteiger charge is 2.28. The largest absolute Gasteiger partial charge is 0.457 e. The molecule has 0 aliphatic carbocycles. The first-order chi connectivity index (χ1) is 16.5. The molecule has 1 aliphatic heterocycles. The molecule has 34 heavy (non-hydrogen) atoms. The molecule has 5 rings (SSSR count). The zero-order valence-corrected chi connectivity index (χ0v) is 18.5. The Bertz CT molecular complexity index is 1410. The molecule has 1 fully saturated rings. The number of likely N-dealkylation sites (tertiary alicyclic amines) is 1. The number of H-pyrrole nitrogens is 1. The number of nitrogens with zero attached hydrogens (tertiary/aromatic N) is 4. The molecule has 1 atom stereocenters. The van der Waals surface area contributed by atoms with Crippen molar-refractivity contribution < 1.29 is 9.53 Å². The standard InChI is InChI=1S/C25H24N6O3/c1-2-20(32)30-14-6-7-17(15-30)31-23-21(24(26)27-28-25(23)33)22(29-31)16-10-12-19(13-11-16)34-18-8-4-3-5-9-18/h2-5,8-13,17H,1,6-7,14-15H2,(H2,26,27)(H,28,33). The smallest absolute Gasteiger partial charge is 0.290 e. The number of aromatic amines is 1. The molecule has 0 saturated carbocycles. The van der Waals surface area contributed by atoms with Gasteiger partial charge in [0.05, 0.1) is 11.4 Å². The zero-order valence-electron chi connectivity index (χ0n) is 18.5. The molecule has 1 aliphatic rings. The first kappa shape index (κ1) is 21.4. The Balaban J connectivity index is 1.55. The number of nitrogens with one attached hydrogen (secondary N) is 1. The summed E-state index contributed by atoms with van der Waals surface area (Å²) >= 11 is 0. The van der Waals surface area contributed by atoms with Crippen LogP contribution >= 0.6 is 0 Å². The SMILES string of the molecule is C=CC(=O)N1CCCC(n2nc(-c3ccc(Oc4ccccc4)cc3)c3c(N)n[nH]c(=O)c32)C1. The van der Waals surface area contributed by atoms with E-state index in [1.165, 1.54) is 6.08 Å². The predicted molar refractivity (Wildman–Crippen MR) is 130 cm³/mol. The van der Waals surface area contributed by atoms with Gasteiger partial charge in [-0.2, -0.15) is 10.2 Å². The van der Waals surface area contributed by atoms with Crippen molar-refractivity contribution in [1.82, 2.24) is 24.9 Å². The molecule has 1 saturated heterocycles. The Hall–Kier alpha value is -4.40. The van der Waals surface area contributed by atoms with E-state index in [0.29, 0.717) is 35.4 Å². The number of piperidine rings is 1. The van der Waals surface area contributed by atoms with Crippen molar-refractivity contribution in [1.29, 1.82) is 0 Å². The van der Waals surface area contributed by atoms with Crippen LogP contribution in [0.25, 0.3) is 22.2 Å². The normalized spacial score (nSPS) is 15.9. The Labute approximate surface area is 195 Å². The number of hydrogen-bond donors (Lipinski definition) is 2. The summed E-state index contributed by atoms with van der Waals surface area (Å²) in [5.41, 5.74) is 7.51. The van der Waals surface area contributed by atoms with Gasteiger partial charge in [0.2, 0.25) is 5.91 Å². The highest BCUT2D eigenvalue weighted by atomic mass is 16.5. The zero-order chi connectivity index (χ0) is 23.7. The molecule has 1 amide bonds. The molecule has 0 spiro atoms. The van der Waals surface area contributed by atoms with E-state index in [2.05, 4.69) is 16.8 Å². The van der Waals surface area contributed by atoms with E-state index in [0.717, 1.165) is 24.2 Å². The molecule has 2 aromatic heterocycles. The van der Waals surface area contributed by atoms with E-state index in [4.69, 9.17) is 15.6 Å². The van der Waals surface area contributed by atoms with Crippen molar-refractivity contribution in [2.45, 2.75) is 18.9 Å². The molecule has 9 nitrogen and oxygen atoms in total. The quantitative estimate of drug-likeness (QED) is 0.444. The number of carbonyl (C=O) groups excluding carboxylic acids is 1. The van der Waals surface area contributed by atoms with E-state index in [-0.39, 0.29) is 23.3 Å². The van der Waals surface area contributed by atoms with Gasteiger partial charge >= 0.3 is 0 Å². The second-order valence-corrected chi connectivity index (χ2v) is 8.18. The number of anilines is 1. The number of aromatic nitrogens is 4. The average Bonchev–Trinajstić information content (AvgIpc) is 3.29. The maximum absolute atomic E-state index is 12.8. The number of ether oxygens (including phenoxy) is 1. The summed E-state index contributed by atoms with van der Waals surface area (Å²) in [6.45, 7) is 4.67. The van der Waals surface area contributed by atoms with Crippen LogP contribution in [0.3, 0.4) is 0 Å². The lowest BCUT2D eigenvalue weighted by atomic mass is 10.1. The minimum Gasteiger partial charge on any atom is -0.457 e. The summed E-state index contributed by atoms with van der Waals surface area (Å²) in [6, 6.07) is 16.8. The second-order valence-electron chi connectivity index (χ2n) is 8.18. The summed E-state index contributed by atoms with van der Waals surface area (Å²) in [5.74, 6) is 1.47. The molecule has 2 aromatic carbocycles. The van der Waals surface area contributed by atoms with Gasteiger partial charge in [0, 0.05) is 18.7 Å². The molecule has 172 valence electrons. The van der Waals surface area contributed by atoms with Crippen LogP contribution in [0.1, 0.15) is 18.9 Å². The van der Waals surface area contributed by atoms with Crippen molar-refractivity contribution in [3.63, 3.8) is 0 Å². The summed E-state index contributed by atoms with van der Waals surface area (Å²) in [7, 11) is 0. The van der Waals surface area contributed by atoms with E-state index >= 15 is 0 Å². The van der Waals surface area contributed by atoms with Crippen molar-refractivity contribution in [2.75, 3.05) is 18.8 Å². The maximum atomic E-state index is 12.8. The Morgan fingerprint density at radius 2 is 1.88 bits per heavy atom. The van der Waals surface area contributed by atoms with E-state index in [1.807, 2.05) is 54.6 Å². The predicted octanol–water partition coefficient (Wildman–Crippen LogP) is 3.51. The van der Waals surface area contributed by atoms with Gasteiger partial charge < -0.3 is 15.4 Å². The fourth-order valence-corrected chi connectivity index (χ4v) is 4.37. The van der Waals surface area contributed by atoms with E-state index in [9.17, 15) is 9.59 Å². The molecule has 0 radical (unpaired) electrons. The van der Waals surface area contributed by atoms with Crippen LogP contribution in [0.5, 0.6) is 11.5 Å². The minimum atomic E-state index is -0.376. The number of fused-ring (bicyclic) bond motifs is 1. The second kappa shape index (κ2) is 8.86. The molecule has 1 unspecified atom stereocenters. The van der Waals surface area contributed by atoms with Crippen LogP contribution in [-0.2, 0) is 4.79 Å². The molecular formula is C25H24N6O3. The Morgan fingerprint density at radius 1 is 1.15 bits per heavy atom. The summed E-state index contributed by atoms with van der Waals surface area (Å²) in [4.78, 5) is 26.7. The molecular weight excluding hydrogens is 432 g/mol. The lowest BCUT2D eigenvalue weighted by Gasteiger charge is -2.32. The molecule has 3 N–H and O–H groups in total. The fraction of sp³-hybridized carbons (Fsp3) is 0.200. The van der Waals surface area contributed by atoms with Gasteiger partial charge in [-0.25, -0.2) is 5.10 Å². The fourth-order valence-electron chi connectivity index (χ4n) is 4.37. The highest BCUT2D eigenvalue weighted by Crippen LogP contribution is 2.34. The summed E-state index contributed by atoms with van der Waals surface area (Å²) < 4.78 is 7.57. The van der Waals surface area contributed by atoms with Crippen LogP contribution < -0.4 is 16.0 Å².